The first-order valence-electron chi connectivity index (χ1n) is 6.26. The Morgan fingerprint density at radius 2 is 1.65 bits per heavy atom. The average Bonchev–Trinajstić information content (AvgIpc) is 2.16. The summed E-state index contributed by atoms with van der Waals surface area (Å²) < 4.78 is 0. The molecule has 0 unspecified atom stereocenters. The maximum absolute atomic E-state index is 11.4. The molecule has 0 rings (SSSR count). The molecule has 0 aromatic heterocycles. The van der Waals surface area contributed by atoms with Crippen LogP contribution < -0.4 is 0 Å². The van der Waals surface area contributed by atoms with Gasteiger partial charge in [0.2, 0.25) is 0 Å². The molecule has 0 N–H and O–H groups in total. The third-order valence-corrected chi connectivity index (χ3v) is 2.36. The normalized spacial score (nSPS) is 12.6. The van der Waals surface area contributed by atoms with E-state index in [1.165, 1.54) is 0 Å². The van der Waals surface area contributed by atoms with Crippen LogP contribution in [0.2, 0.25) is 0 Å². The minimum atomic E-state index is -0.588. The Morgan fingerprint density at radius 1 is 1.06 bits per heavy atom. The van der Waals surface area contributed by atoms with Crippen LogP contribution in [-0.2, 0) is 19.6 Å². The van der Waals surface area contributed by atoms with E-state index in [1.807, 2.05) is 13.8 Å². The van der Waals surface area contributed by atoms with Crippen LogP contribution in [0.5, 0.6) is 0 Å². The third-order valence-electron chi connectivity index (χ3n) is 2.36. The molecule has 102 valence electrons. The molecule has 0 spiro atoms. The number of carbonyl (C=O) groups excluding carboxylic acids is 1. The fourth-order valence-corrected chi connectivity index (χ4v) is 1.11. The predicted octanol–water partition coefficient (Wildman–Crippen LogP) is 3.80. The summed E-state index contributed by atoms with van der Waals surface area (Å²) >= 11 is 0. The van der Waals surface area contributed by atoms with Gasteiger partial charge in [-0.3, -0.25) is 4.89 Å². The van der Waals surface area contributed by atoms with E-state index >= 15 is 0 Å². The highest BCUT2D eigenvalue weighted by molar-refractivity contribution is 5.74. The van der Waals surface area contributed by atoms with Gasteiger partial charge >= 0.3 is 5.97 Å². The van der Waals surface area contributed by atoms with Crippen molar-refractivity contribution >= 4 is 5.97 Å². The molecular formula is C13H26O4. The highest BCUT2D eigenvalue weighted by Gasteiger charge is 2.26. The lowest BCUT2D eigenvalue weighted by Gasteiger charge is -2.23. The second-order valence-corrected chi connectivity index (χ2v) is 5.99. The Labute approximate surface area is 104 Å². The molecule has 0 amide bonds. The van der Waals surface area contributed by atoms with Gasteiger partial charge in [0.05, 0.1) is 5.41 Å². The summed E-state index contributed by atoms with van der Waals surface area (Å²) in [4.78, 5) is 21.1. The lowest BCUT2D eigenvalue weighted by atomic mass is 9.98. The monoisotopic (exact) mass is 246 g/mol. The lowest BCUT2D eigenvalue weighted by molar-refractivity contribution is -0.519. The summed E-state index contributed by atoms with van der Waals surface area (Å²) in [6, 6.07) is 0. The molecule has 0 fully saturated rings. The maximum atomic E-state index is 11.4. The summed E-state index contributed by atoms with van der Waals surface area (Å²) in [6.07, 6.45) is 4.26. The summed E-state index contributed by atoms with van der Waals surface area (Å²) in [6.45, 7) is 11.2. The van der Waals surface area contributed by atoms with Gasteiger partial charge < -0.3 is 0 Å². The molecule has 0 bridgehead atoms. The minimum absolute atomic E-state index is 0.437. The first kappa shape index (κ1) is 16.4. The van der Waals surface area contributed by atoms with E-state index in [9.17, 15) is 4.79 Å². The number of hydrogen-bond donors (Lipinski definition) is 0. The molecule has 0 radical (unpaired) electrons. The second-order valence-electron chi connectivity index (χ2n) is 5.99. The highest BCUT2D eigenvalue weighted by Crippen LogP contribution is 2.20. The van der Waals surface area contributed by atoms with Crippen LogP contribution in [0.15, 0.2) is 0 Å². The van der Waals surface area contributed by atoms with E-state index in [0.29, 0.717) is 0 Å². The SMILES string of the molecule is CCCCCC(C)(C)OOOC(=O)C(C)(C)C. The predicted molar refractivity (Wildman–Crippen MR) is 65.9 cm³/mol. The van der Waals surface area contributed by atoms with Crippen LogP contribution in [0.3, 0.4) is 0 Å². The Balaban J connectivity index is 3.83. The first-order valence-corrected chi connectivity index (χ1v) is 6.26. The zero-order chi connectivity index (χ0) is 13.5. The molecule has 0 aliphatic carbocycles. The van der Waals surface area contributed by atoms with Gasteiger partial charge in [-0.2, -0.15) is 4.89 Å². The fourth-order valence-electron chi connectivity index (χ4n) is 1.11. The van der Waals surface area contributed by atoms with Crippen molar-refractivity contribution in [1.29, 1.82) is 0 Å². The molecule has 0 aliphatic heterocycles. The molecule has 0 aromatic rings. The van der Waals surface area contributed by atoms with Crippen LogP contribution in [0.25, 0.3) is 0 Å². The van der Waals surface area contributed by atoms with Gasteiger partial charge in [-0.25, -0.2) is 4.79 Å². The molecule has 17 heavy (non-hydrogen) atoms. The Bertz CT molecular complexity index is 228. The summed E-state index contributed by atoms with van der Waals surface area (Å²) in [5.41, 5.74) is -1.02. The summed E-state index contributed by atoms with van der Waals surface area (Å²) in [5.74, 6) is -0.443. The zero-order valence-electron chi connectivity index (χ0n) is 12.0. The molecule has 0 heterocycles. The van der Waals surface area contributed by atoms with E-state index in [0.717, 1.165) is 25.7 Å². The van der Waals surface area contributed by atoms with Gasteiger partial charge in [0.15, 0.2) is 0 Å². The number of unbranched alkanes of at least 4 members (excludes halogenated alkanes) is 2. The van der Waals surface area contributed by atoms with Gasteiger partial charge in [0, 0.05) is 0 Å². The molecule has 0 atom stereocenters. The second kappa shape index (κ2) is 6.97. The summed E-state index contributed by atoms with van der Waals surface area (Å²) in [7, 11) is 0. The van der Waals surface area contributed by atoms with Crippen LogP contribution in [0.1, 0.15) is 67.2 Å². The molecule has 0 saturated carbocycles. The van der Waals surface area contributed by atoms with Crippen molar-refractivity contribution in [2.45, 2.75) is 72.8 Å². The Morgan fingerprint density at radius 3 is 2.12 bits per heavy atom. The van der Waals surface area contributed by atoms with E-state index in [-0.39, 0.29) is 0 Å². The molecule has 0 saturated heterocycles. The number of carbonyl (C=O) groups is 1. The van der Waals surface area contributed by atoms with E-state index in [1.54, 1.807) is 20.8 Å². The fraction of sp³-hybridized carbons (Fsp3) is 0.923. The first-order chi connectivity index (χ1) is 7.69. The van der Waals surface area contributed by atoms with Crippen LogP contribution in [0, 0.1) is 5.41 Å². The van der Waals surface area contributed by atoms with E-state index in [2.05, 4.69) is 16.8 Å². The standard InChI is InChI=1S/C13H26O4/c1-7-8-9-10-13(5,6)16-17-15-11(14)12(2,3)4/h7-10H2,1-6H3. The van der Waals surface area contributed by atoms with Crippen molar-refractivity contribution < 1.29 is 19.6 Å². The molecule has 4 heteroatoms. The lowest BCUT2D eigenvalue weighted by Crippen LogP contribution is -2.28. The van der Waals surface area contributed by atoms with Gasteiger partial charge in [0.25, 0.3) is 0 Å². The Kier molecular flexibility index (Phi) is 6.72. The third kappa shape index (κ3) is 8.16. The molecule has 0 aromatic carbocycles. The minimum Gasteiger partial charge on any atom is -0.268 e. The topological polar surface area (TPSA) is 44.8 Å². The van der Waals surface area contributed by atoms with E-state index < -0.39 is 17.0 Å². The quantitative estimate of drug-likeness (QED) is 0.389. The van der Waals surface area contributed by atoms with Crippen LogP contribution in [-0.4, -0.2) is 11.6 Å². The smallest absolute Gasteiger partial charge is 0.268 e. The maximum Gasteiger partial charge on any atom is 0.350 e. The molecular weight excluding hydrogens is 220 g/mol. The number of hydrogen-bond acceptors (Lipinski definition) is 4. The summed E-state index contributed by atoms with van der Waals surface area (Å²) in [5, 5.41) is 4.57. The van der Waals surface area contributed by atoms with E-state index in [4.69, 9.17) is 4.89 Å². The highest BCUT2D eigenvalue weighted by atomic mass is 17.5. The van der Waals surface area contributed by atoms with Gasteiger partial charge in [-0.05, 0) is 46.1 Å². The van der Waals surface area contributed by atoms with Crippen molar-refractivity contribution in [2.24, 2.45) is 5.41 Å². The average molecular weight is 246 g/mol. The molecule has 0 aliphatic rings. The largest absolute Gasteiger partial charge is 0.350 e. The van der Waals surface area contributed by atoms with Crippen molar-refractivity contribution in [1.82, 2.24) is 0 Å². The Hall–Kier alpha value is -0.610. The van der Waals surface area contributed by atoms with Gasteiger partial charge in [0.1, 0.15) is 5.60 Å². The molecule has 4 nitrogen and oxygen atoms in total. The van der Waals surface area contributed by atoms with Crippen molar-refractivity contribution in [2.75, 3.05) is 0 Å². The van der Waals surface area contributed by atoms with Gasteiger partial charge in [-0.15, -0.1) is 0 Å². The van der Waals surface area contributed by atoms with Crippen molar-refractivity contribution in [3.05, 3.63) is 0 Å². The van der Waals surface area contributed by atoms with Crippen LogP contribution >= 0.6 is 0 Å². The van der Waals surface area contributed by atoms with Crippen LogP contribution in [0.4, 0.5) is 0 Å². The zero-order valence-corrected chi connectivity index (χ0v) is 12.0. The van der Waals surface area contributed by atoms with Crippen molar-refractivity contribution in [3.8, 4) is 0 Å². The van der Waals surface area contributed by atoms with Gasteiger partial charge in [-0.1, -0.05) is 26.2 Å². The van der Waals surface area contributed by atoms with Crippen molar-refractivity contribution in [3.63, 3.8) is 0 Å². The number of rotatable bonds is 7.